The second kappa shape index (κ2) is 8.41. The highest BCUT2D eigenvalue weighted by atomic mass is 19.1. The predicted octanol–water partition coefficient (Wildman–Crippen LogP) is 6.11. The highest BCUT2D eigenvalue weighted by molar-refractivity contribution is 5.87. The van der Waals surface area contributed by atoms with Gasteiger partial charge in [0.25, 0.3) is 0 Å². The monoisotopic (exact) mass is 467 g/mol. The van der Waals surface area contributed by atoms with Crippen molar-refractivity contribution < 1.29 is 13.5 Å². The second-order valence-electron chi connectivity index (χ2n) is 8.70. The van der Waals surface area contributed by atoms with Gasteiger partial charge in [-0.1, -0.05) is 0 Å². The molecule has 5 aromatic rings. The van der Waals surface area contributed by atoms with Crippen LogP contribution in [0.15, 0.2) is 63.9 Å². The summed E-state index contributed by atoms with van der Waals surface area (Å²) in [5.41, 5.74) is 4.06. The molecule has 0 spiro atoms. The van der Waals surface area contributed by atoms with E-state index in [1.807, 2.05) is 50.5 Å². The van der Waals surface area contributed by atoms with Crippen LogP contribution in [-0.2, 0) is 7.05 Å². The summed E-state index contributed by atoms with van der Waals surface area (Å²) in [5, 5.41) is 15.2. The lowest BCUT2D eigenvalue weighted by atomic mass is 9.99. The molecule has 0 N–H and O–H groups in total. The first-order chi connectivity index (χ1) is 16.7. The molecule has 0 fully saturated rings. The molecule has 0 amide bonds. The number of rotatable bonds is 4. The fraction of sp³-hybridized carbons (Fsp3) is 0.179. The quantitative estimate of drug-likeness (QED) is 0.318. The minimum Gasteiger partial charge on any atom is -0.484 e. The molecule has 0 aliphatic carbocycles. The number of nitriles is 1. The van der Waals surface area contributed by atoms with Gasteiger partial charge in [-0.25, -0.2) is 4.39 Å². The Kier molecular flexibility index (Phi) is 5.37. The Morgan fingerprint density at radius 3 is 2.71 bits per heavy atom. The molecule has 0 saturated carbocycles. The number of halogens is 1. The highest BCUT2D eigenvalue weighted by Crippen LogP contribution is 2.34. The van der Waals surface area contributed by atoms with E-state index >= 15 is 0 Å². The fourth-order valence-electron chi connectivity index (χ4n) is 4.38. The van der Waals surface area contributed by atoms with Crippen molar-refractivity contribution in [3.63, 3.8) is 0 Å². The van der Waals surface area contributed by atoms with Crippen LogP contribution < -0.4 is 10.2 Å². The zero-order valence-corrected chi connectivity index (χ0v) is 19.7. The van der Waals surface area contributed by atoms with E-state index in [1.165, 1.54) is 12.1 Å². The number of aromatic nitrogens is 2. The minimum atomic E-state index is -0.575. The van der Waals surface area contributed by atoms with Gasteiger partial charge in [0, 0.05) is 35.3 Å². The summed E-state index contributed by atoms with van der Waals surface area (Å²) in [6.45, 7) is 5.46. The van der Waals surface area contributed by atoms with Crippen LogP contribution in [0.4, 0.5) is 4.39 Å². The average molecular weight is 468 g/mol. The summed E-state index contributed by atoms with van der Waals surface area (Å²) in [6, 6.07) is 15.2. The van der Waals surface area contributed by atoms with E-state index in [4.69, 9.17) is 9.15 Å². The Bertz CT molecular complexity index is 1730. The smallest absolute Gasteiger partial charge is 0.196 e. The average Bonchev–Trinajstić information content (AvgIpc) is 3.21. The van der Waals surface area contributed by atoms with E-state index in [0.717, 1.165) is 28.1 Å². The van der Waals surface area contributed by atoms with Gasteiger partial charge in [0.1, 0.15) is 35.1 Å². The van der Waals surface area contributed by atoms with Gasteiger partial charge in [-0.15, -0.1) is 0 Å². The molecule has 6 nitrogen and oxygen atoms in total. The Morgan fingerprint density at radius 1 is 1.14 bits per heavy atom. The van der Waals surface area contributed by atoms with Gasteiger partial charge in [0.05, 0.1) is 16.5 Å². The van der Waals surface area contributed by atoms with Gasteiger partial charge in [0.2, 0.25) is 0 Å². The van der Waals surface area contributed by atoms with Crippen LogP contribution >= 0.6 is 0 Å². The number of benzene rings is 3. The number of nitrogens with zero attached hydrogens (tertiary/aromatic N) is 3. The first-order valence-electron chi connectivity index (χ1n) is 11.1. The lowest BCUT2D eigenvalue weighted by molar-refractivity contribution is 0.226. The third kappa shape index (κ3) is 3.93. The van der Waals surface area contributed by atoms with Gasteiger partial charge < -0.3 is 9.15 Å². The van der Waals surface area contributed by atoms with Gasteiger partial charge in [-0.05, 0) is 74.9 Å². The minimum absolute atomic E-state index is 0.0940. The Hall–Kier alpha value is -4.44. The topological polar surface area (TPSA) is 81.0 Å². The van der Waals surface area contributed by atoms with Crippen LogP contribution in [0.2, 0.25) is 0 Å². The standard InChI is InChI=1S/C28H22FN3O3/c1-15-9-22(17(3)34-25-8-6-21(29)12-19(25)13-30)28-23(10-15)26(33)16(2)27(35-28)18-5-7-24-20(11-18)14-32(4)31-24/h5-12,14,17H,1-4H3/t17-/m1/s1. The van der Waals surface area contributed by atoms with Crippen molar-refractivity contribution >= 4 is 21.9 Å². The van der Waals surface area contributed by atoms with Crippen LogP contribution in [0.1, 0.15) is 35.3 Å². The molecule has 0 unspecified atom stereocenters. The van der Waals surface area contributed by atoms with Gasteiger partial charge >= 0.3 is 0 Å². The highest BCUT2D eigenvalue weighted by Gasteiger charge is 2.21. The van der Waals surface area contributed by atoms with Crippen molar-refractivity contribution in [1.82, 2.24) is 9.78 Å². The van der Waals surface area contributed by atoms with Crippen LogP contribution in [-0.4, -0.2) is 9.78 Å². The van der Waals surface area contributed by atoms with Crippen LogP contribution in [0.5, 0.6) is 5.75 Å². The SMILES string of the molecule is Cc1cc([C@@H](C)Oc2ccc(F)cc2C#N)c2oc(-c3ccc4nn(C)cc4c3)c(C)c(=O)c2c1. The lowest BCUT2D eigenvalue weighted by Gasteiger charge is -2.19. The molecule has 0 radical (unpaired) electrons. The largest absolute Gasteiger partial charge is 0.484 e. The second-order valence-corrected chi connectivity index (χ2v) is 8.70. The summed E-state index contributed by atoms with van der Waals surface area (Å²) in [7, 11) is 1.86. The van der Waals surface area contributed by atoms with E-state index in [0.29, 0.717) is 27.9 Å². The van der Waals surface area contributed by atoms with Gasteiger partial charge in [-0.2, -0.15) is 10.4 Å². The molecular formula is C28H22FN3O3. The third-order valence-corrected chi connectivity index (χ3v) is 6.08. The molecule has 2 heterocycles. The van der Waals surface area contributed by atoms with Crippen LogP contribution in [0.25, 0.3) is 33.2 Å². The molecule has 0 bridgehead atoms. The van der Waals surface area contributed by atoms with Crippen molar-refractivity contribution in [3.05, 3.63) is 93.0 Å². The Morgan fingerprint density at radius 2 is 1.94 bits per heavy atom. The maximum atomic E-state index is 13.6. The molecule has 0 saturated heterocycles. The molecule has 5 rings (SSSR count). The molecule has 35 heavy (non-hydrogen) atoms. The zero-order chi connectivity index (χ0) is 24.9. The molecule has 2 aromatic heterocycles. The first-order valence-corrected chi connectivity index (χ1v) is 11.1. The summed E-state index contributed by atoms with van der Waals surface area (Å²) in [6.07, 6.45) is 1.34. The molecular weight excluding hydrogens is 445 g/mol. The number of aryl methyl sites for hydroxylation is 2. The first kappa shape index (κ1) is 22.4. The fourth-order valence-corrected chi connectivity index (χ4v) is 4.38. The van der Waals surface area contributed by atoms with Crippen molar-refractivity contribution in [2.45, 2.75) is 26.9 Å². The van der Waals surface area contributed by atoms with E-state index < -0.39 is 11.9 Å². The normalized spacial score (nSPS) is 12.1. The zero-order valence-electron chi connectivity index (χ0n) is 19.7. The Balaban J connectivity index is 1.68. The Labute approximate surface area is 200 Å². The van der Waals surface area contributed by atoms with E-state index in [9.17, 15) is 14.4 Å². The number of hydrogen-bond donors (Lipinski definition) is 0. The molecule has 1 atom stereocenters. The lowest BCUT2D eigenvalue weighted by Crippen LogP contribution is -2.11. The summed E-state index contributed by atoms with van der Waals surface area (Å²) >= 11 is 0. The number of fused-ring (bicyclic) bond motifs is 2. The maximum Gasteiger partial charge on any atom is 0.196 e. The van der Waals surface area contributed by atoms with Crippen LogP contribution in [0.3, 0.4) is 0 Å². The van der Waals surface area contributed by atoms with Gasteiger partial charge in [0.15, 0.2) is 5.43 Å². The molecule has 7 heteroatoms. The number of hydrogen-bond acceptors (Lipinski definition) is 5. The molecule has 174 valence electrons. The summed E-state index contributed by atoms with van der Waals surface area (Å²) in [5.74, 6) is 0.220. The van der Waals surface area contributed by atoms with Crippen molar-refractivity contribution in [2.75, 3.05) is 0 Å². The third-order valence-electron chi connectivity index (χ3n) is 6.08. The molecule has 0 aliphatic rings. The van der Waals surface area contributed by atoms with Gasteiger partial charge in [-0.3, -0.25) is 9.48 Å². The van der Waals surface area contributed by atoms with Crippen molar-refractivity contribution in [2.24, 2.45) is 7.05 Å². The van der Waals surface area contributed by atoms with Crippen LogP contribution in [0, 0.1) is 31.0 Å². The van der Waals surface area contributed by atoms with E-state index in [1.54, 1.807) is 24.6 Å². The molecule has 0 aliphatic heterocycles. The summed E-state index contributed by atoms with van der Waals surface area (Å²) in [4.78, 5) is 13.4. The van der Waals surface area contributed by atoms with Crippen molar-refractivity contribution in [3.8, 4) is 23.1 Å². The summed E-state index contributed by atoms with van der Waals surface area (Å²) < 4.78 is 27.8. The number of ether oxygens (including phenoxy) is 1. The molecule has 3 aromatic carbocycles. The van der Waals surface area contributed by atoms with E-state index in [2.05, 4.69) is 5.10 Å². The van der Waals surface area contributed by atoms with E-state index in [-0.39, 0.29) is 16.7 Å². The maximum absolute atomic E-state index is 13.6. The predicted molar refractivity (Wildman–Crippen MR) is 132 cm³/mol. The van der Waals surface area contributed by atoms with Crippen molar-refractivity contribution in [1.29, 1.82) is 5.26 Å².